The number of carbonyl (C=O) groups excluding carboxylic acids is 1. The van der Waals surface area contributed by atoms with E-state index in [4.69, 9.17) is 13.9 Å². The van der Waals surface area contributed by atoms with Gasteiger partial charge in [-0.3, -0.25) is 14.2 Å². The number of hydrogen-bond acceptors (Lipinski definition) is 6. The standard InChI is InChI=1S/C33H35FN2O6Si/c1-33(2,3)43(25-15-9-5-10-16-25,26-17-11-6-12-18-26)41-22-27-30(38)29(34)31(42-27)35-20-19-28(37)36(32(35)39)23-40-21-24-13-7-4-8-14-24/h4-20,27,29,31H,21-23H2,1-3H3/t27-,29+,31-/m1/s1. The normalized spacial score (nSPS) is 19.1. The summed E-state index contributed by atoms with van der Waals surface area (Å²) in [6.45, 7) is 5.93. The second-order valence-corrected chi connectivity index (χ2v) is 15.8. The van der Waals surface area contributed by atoms with Crippen LogP contribution in [0.3, 0.4) is 0 Å². The van der Waals surface area contributed by atoms with E-state index in [1.165, 1.54) is 0 Å². The fourth-order valence-corrected chi connectivity index (χ4v) is 10.1. The number of halogens is 1. The lowest BCUT2D eigenvalue weighted by Crippen LogP contribution is -2.67. The lowest BCUT2D eigenvalue weighted by molar-refractivity contribution is -0.126. The van der Waals surface area contributed by atoms with Gasteiger partial charge in [-0.05, 0) is 21.0 Å². The van der Waals surface area contributed by atoms with Gasteiger partial charge in [-0.25, -0.2) is 13.8 Å². The van der Waals surface area contributed by atoms with E-state index < -0.39 is 43.9 Å². The molecule has 0 spiro atoms. The number of ketones is 1. The highest BCUT2D eigenvalue weighted by atomic mass is 28.4. The first-order valence-electron chi connectivity index (χ1n) is 14.2. The lowest BCUT2D eigenvalue weighted by Gasteiger charge is -2.43. The van der Waals surface area contributed by atoms with Gasteiger partial charge in [0.1, 0.15) is 12.8 Å². The molecule has 1 fully saturated rings. The highest BCUT2D eigenvalue weighted by Crippen LogP contribution is 2.38. The molecule has 224 valence electrons. The van der Waals surface area contributed by atoms with Gasteiger partial charge in [0.2, 0.25) is 12.0 Å². The van der Waals surface area contributed by atoms with E-state index in [-0.39, 0.29) is 25.0 Å². The Labute approximate surface area is 250 Å². The summed E-state index contributed by atoms with van der Waals surface area (Å²) in [6, 6.07) is 30.1. The molecule has 3 aromatic carbocycles. The quantitative estimate of drug-likeness (QED) is 0.258. The van der Waals surface area contributed by atoms with Gasteiger partial charge >= 0.3 is 5.69 Å². The number of aromatic nitrogens is 2. The Morgan fingerprint density at radius 1 is 0.837 bits per heavy atom. The Bertz CT molecular complexity index is 1610. The Morgan fingerprint density at radius 2 is 1.40 bits per heavy atom. The summed E-state index contributed by atoms with van der Waals surface area (Å²) in [5, 5.41) is 1.65. The van der Waals surface area contributed by atoms with Crippen LogP contribution in [0, 0.1) is 0 Å². The summed E-state index contributed by atoms with van der Waals surface area (Å²) in [5.74, 6) is -0.812. The first-order chi connectivity index (χ1) is 20.6. The van der Waals surface area contributed by atoms with Gasteiger partial charge in [0.05, 0.1) is 13.2 Å². The third kappa shape index (κ3) is 6.09. The SMILES string of the molecule is CC(C)(C)[Si](OC[C@H]1O[C@@H](n2ccc(=O)n(COCc3ccccc3)c2=O)[C@@H](F)C1=O)(c1ccccc1)c1ccccc1. The number of hydrogen-bond donors (Lipinski definition) is 0. The van der Waals surface area contributed by atoms with E-state index in [9.17, 15) is 14.4 Å². The maximum atomic E-state index is 15.5. The Balaban J connectivity index is 1.39. The van der Waals surface area contributed by atoms with Crippen molar-refractivity contribution in [2.24, 2.45) is 0 Å². The maximum absolute atomic E-state index is 15.5. The highest BCUT2D eigenvalue weighted by molar-refractivity contribution is 6.99. The smallest absolute Gasteiger partial charge is 0.335 e. The zero-order chi connectivity index (χ0) is 30.6. The molecule has 0 saturated carbocycles. The van der Waals surface area contributed by atoms with Crippen molar-refractivity contribution in [3.8, 4) is 0 Å². The van der Waals surface area contributed by atoms with Gasteiger partial charge in [0, 0.05) is 12.3 Å². The minimum Gasteiger partial charge on any atom is -0.404 e. The van der Waals surface area contributed by atoms with Crippen LogP contribution in [0.25, 0.3) is 0 Å². The average molecular weight is 603 g/mol. The second kappa shape index (κ2) is 12.7. The molecule has 0 unspecified atom stereocenters. The van der Waals surface area contributed by atoms with Gasteiger partial charge < -0.3 is 13.9 Å². The first kappa shape index (κ1) is 30.5. The fraction of sp³-hybridized carbons (Fsp3) is 0.303. The van der Waals surface area contributed by atoms with Gasteiger partial charge in [-0.2, -0.15) is 0 Å². The number of ether oxygens (including phenoxy) is 2. The summed E-state index contributed by atoms with van der Waals surface area (Å²) >= 11 is 0. The van der Waals surface area contributed by atoms with Crippen molar-refractivity contribution in [3.05, 3.63) is 130 Å². The molecule has 0 radical (unpaired) electrons. The van der Waals surface area contributed by atoms with Crippen molar-refractivity contribution in [3.63, 3.8) is 0 Å². The molecule has 1 aliphatic rings. The Morgan fingerprint density at radius 3 is 1.95 bits per heavy atom. The Kier molecular flexibility index (Phi) is 9.02. The van der Waals surface area contributed by atoms with Gasteiger partial charge in [-0.15, -0.1) is 0 Å². The molecule has 43 heavy (non-hydrogen) atoms. The topological polar surface area (TPSA) is 88.8 Å². The second-order valence-electron chi connectivity index (χ2n) is 11.5. The molecule has 1 aromatic heterocycles. The summed E-state index contributed by atoms with van der Waals surface area (Å²) in [4.78, 5) is 38.9. The zero-order valence-electron chi connectivity index (χ0n) is 24.4. The third-order valence-corrected chi connectivity index (χ3v) is 12.7. The average Bonchev–Trinajstić information content (AvgIpc) is 3.29. The van der Waals surface area contributed by atoms with Gasteiger partial charge in [-0.1, -0.05) is 112 Å². The summed E-state index contributed by atoms with van der Waals surface area (Å²) in [5.41, 5.74) is -0.584. The predicted molar refractivity (Wildman–Crippen MR) is 164 cm³/mol. The minimum absolute atomic E-state index is 0.174. The van der Waals surface area contributed by atoms with Crippen molar-refractivity contribution >= 4 is 24.5 Å². The Hall–Kier alpha value is -3.96. The molecule has 3 atom stereocenters. The van der Waals surface area contributed by atoms with Crippen molar-refractivity contribution in [2.75, 3.05) is 6.61 Å². The largest absolute Gasteiger partial charge is 0.404 e. The molecule has 0 aliphatic carbocycles. The molecule has 0 bridgehead atoms. The van der Waals surface area contributed by atoms with Crippen molar-refractivity contribution < 1.29 is 23.1 Å². The third-order valence-electron chi connectivity index (χ3n) is 7.71. The zero-order valence-corrected chi connectivity index (χ0v) is 25.4. The van der Waals surface area contributed by atoms with Crippen LogP contribution in [0.2, 0.25) is 5.04 Å². The summed E-state index contributed by atoms with van der Waals surface area (Å²) in [7, 11) is -3.03. The van der Waals surface area contributed by atoms with Crippen LogP contribution in [-0.4, -0.2) is 42.1 Å². The number of Topliss-reactive ketones (excluding diaryl/α,β-unsaturated/α-hetero) is 1. The monoisotopic (exact) mass is 602 g/mol. The van der Waals surface area contributed by atoms with Crippen molar-refractivity contribution in [2.45, 2.75) is 57.7 Å². The van der Waals surface area contributed by atoms with E-state index in [0.29, 0.717) is 0 Å². The van der Waals surface area contributed by atoms with Crippen LogP contribution < -0.4 is 21.6 Å². The van der Waals surface area contributed by atoms with Gasteiger partial charge in [0.15, 0.2) is 6.23 Å². The minimum atomic E-state index is -3.03. The van der Waals surface area contributed by atoms with Crippen LogP contribution >= 0.6 is 0 Å². The predicted octanol–water partition coefficient (Wildman–Crippen LogP) is 3.57. The number of benzene rings is 3. The summed E-state index contributed by atoms with van der Waals surface area (Å²) < 4.78 is 35.5. The molecule has 1 saturated heterocycles. The van der Waals surface area contributed by atoms with Crippen LogP contribution in [-0.2, 0) is 32.0 Å². The molecular formula is C33H35FN2O6Si. The van der Waals surface area contributed by atoms with Crippen LogP contribution in [0.5, 0.6) is 0 Å². The first-order valence-corrected chi connectivity index (χ1v) is 16.1. The van der Waals surface area contributed by atoms with Crippen LogP contribution in [0.15, 0.2) is 113 Å². The summed E-state index contributed by atoms with van der Waals surface area (Å²) in [6.07, 6.45) is -3.77. The maximum Gasteiger partial charge on any atom is 0.335 e. The van der Waals surface area contributed by atoms with E-state index in [1.54, 1.807) is 0 Å². The highest BCUT2D eigenvalue weighted by Gasteiger charge is 2.52. The molecule has 0 amide bonds. The van der Waals surface area contributed by atoms with E-state index in [0.717, 1.165) is 37.3 Å². The van der Waals surface area contributed by atoms with E-state index in [1.807, 2.05) is 91.0 Å². The molecule has 4 aromatic rings. The number of nitrogens with zero attached hydrogens (tertiary/aromatic N) is 2. The number of carbonyl (C=O) groups is 1. The van der Waals surface area contributed by atoms with Crippen LogP contribution in [0.1, 0.15) is 32.6 Å². The molecule has 0 N–H and O–H groups in total. The molecule has 2 heterocycles. The molecule has 8 nitrogen and oxygen atoms in total. The fourth-order valence-electron chi connectivity index (χ4n) is 5.59. The molecular weight excluding hydrogens is 567 g/mol. The van der Waals surface area contributed by atoms with Gasteiger partial charge in [0.25, 0.3) is 13.9 Å². The lowest BCUT2D eigenvalue weighted by atomic mass is 10.2. The van der Waals surface area contributed by atoms with E-state index in [2.05, 4.69) is 20.8 Å². The number of alkyl halides is 1. The molecule has 5 rings (SSSR count). The van der Waals surface area contributed by atoms with Crippen LogP contribution in [0.4, 0.5) is 4.39 Å². The molecule has 10 heteroatoms. The van der Waals surface area contributed by atoms with Crippen molar-refractivity contribution in [1.29, 1.82) is 0 Å². The van der Waals surface area contributed by atoms with Crippen molar-refractivity contribution in [1.82, 2.24) is 9.13 Å². The van der Waals surface area contributed by atoms with E-state index >= 15 is 4.39 Å². The molecule has 1 aliphatic heterocycles. The number of rotatable bonds is 10.